The molecule has 0 aliphatic rings. The Labute approximate surface area is 123 Å². The highest BCUT2D eigenvalue weighted by molar-refractivity contribution is 7.92. The Kier molecular flexibility index (Phi) is 4.37. The Morgan fingerprint density at radius 2 is 2.10 bits per heavy atom. The van der Waals surface area contributed by atoms with Gasteiger partial charge in [-0.2, -0.15) is 8.42 Å². The number of aryl methyl sites for hydroxylation is 1. The molecule has 8 heteroatoms. The summed E-state index contributed by atoms with van der Waals surface area (Å²) in [5, 5.41) is 0.00727. The van der Waals surface area contributed by atoms with Crippen LogP contribution in [0.2, 0.25) is 0 Å². The van der Waals surface area contributed by atoms with Crippen molar-refractivity contribution in [3.05, 3.63) is 30.2 Å². The molecule has 0 fully saturated rings. The van der Waals surface area contributed by atoms with Crippen LogP contribution < -0.4 is 14.2 Å². The van der Waals surface area contributed by atoms with Crippen LogP contribution in [0.1, 0.15) is 12.7 Å². The number of imidazole rings is 1. The fourth-order valence-electron chi connectivity index (χ4n) is 1.75. The van der Waals surface area contributed by atoms with E-state index in [0.717, 1.165) is 0 Å². The Balaban J connectivity index is 2.27. The quantitative estimate of drug-likeness (QED) is 0.850. The number of benzene rings is 1. The van der Waals surface area contributed by atoms with Crippen LogP contribution in [0, 0.1) is 6.92 Å². The maximum Gasteiger partial charge on any atom is 0.278 e. The van der Waals surface area contributed by atoms with Gasteiger partial charge in [0.05, 0.1) is 25.6 Å². The van der Waals surface area contributed by atoms with E-state index in [9.17, 15) is 8.42 Å². The third-order valence-electron chi connectivity index (χ3n) is 2.68. The second kappa shape index (κ2) is 6.04. The van der Waals surface area contributed by atoms with Gasteiger partial charge in [0.1, 0.15) is 5.82 Å². The lowest BCUT2D eigenvalue weighted by atomic mass is 10.3. The topological polar surface area (TPSA) is 93.3 Å². The highest BCUT2D eigenvalue weighted by atomic mass is 32.2. The summed E-state index contributed by atoms with van der Waals surface area (Å²) in [6, 6.07) is 4.82. The van der Waals surface area contributed by atoms with Crippen molar-refractivity contribution in [1.82, 2.24) is 9.97 Å². The third kappa shape index (κ3) is 3.46. The van der Waals surface area contributed by atoms with Gasteiger partial charge in [-0.1, -0.05) is 0 Å². The summed E-state index contributed by atoms with van der Waals surface area (Å²) in [6.45, 7) is 4.03. The van der Waals surface area contributed by atoms with Gasteiger partial charge in [0.2, 0.25) is 0 Å². The molecular weight excluding hydrogens is 294 g/mol. The molecule has 0 aliphatic carbocycles. The summed E-state index contributed by atoms with van der Waals surface area (Å²) < 4.78 is 37.4. The molecule has 0 spiro atoms. The standard InChI is InChI=1S/C13H17N3O4S/c1-4-20-11-6-5-10(7-12(11)19-3)16-21(17,18)13-8-14-9(2)15-13/h5-8,16H,4H2,1-3H3,(H,14,15). The highest BCUT2D eigenvalue weighted by Crippen LogP contribution is 2.30. The van der Waals surface area contributed by atoms with Gasteiger partial charge in [-0.05, 0) is 26.0 Å². The van der Waals surface area contributed by atoms with Gasteiger partial charge in [0.15, 0.2) is 16.5 Å². The third-order valence-corrected chi connectivity index (χ3v) is 3.98. The summed E-state index contributed by atoms with van der Waals surface area (Å²) in [4.78, 5) is 6.56. The van der Waals surface area contributed by atoms with Crippen LogP contribution in [0.25, 0.3) is 0 Å². The number of hydrogen-bond acceptors (Lipinski definition) is 5. The number of rotatable bonds is 6. The normalized spacial score (nSPS) is 11.2. The predicted octanol–water partition coefficient (Wildman–Crippen LogP) is 1.93. The molecular formula is C13H17N3O4S. The minimum absolute atomic E-state index is 0.00727. The molecule has 114 valence electrons. The van der Waals surface area contributed by atoms with Crippen molar-refractivity contribution in [3.8, 4) is 11.5 Å². The van der Waals surface area contributed by atoms with E-state index in [1.807, 2.05) is 6.92 Å². The number of aromatic nitrogens is 2. The van der Waals surface area contributed by atoms with Gasteiger partial charge in [-0.3, -0.25) is 4.72 Å². The molecule has 0 radical (unpaired) electrons. The largest absolute Gasteiger partial charge is 0.493 e. The number of hydrogen-bond donors (Lipinski definition) is 2. The lowest BCUT2D eigenvalue weighted by Gasteiger charge is -2.12. The fraction of sp³-hybridized carbons (Fsp3) is 0.308. The lowest BCUT2D eigenvalue weighted by Crippen LogP contribution is -2.13. The second-order valence-corrected chi connectivity index (χ2v) is 5.89. The molecule has 1 aromatic heterocycles. The summed E-state index contributed by atoms with van der Waals surface area (Å²) >= 11 is 0. The van der Waals surface area contributed by atoms with E-state index in [4.69, 9.17) is 9.47 Å². The maximum atomic E-state index is 12.2. The zero-order chi connectivity index (χ0) is 15.5. The molecule has 2 aromatic rings. The molecule has 0 amide bonds. The molecule has 7 nitrogen and oxygen atoms in total. The van der Waals surface area contributed by atoms with E-state index >= 15 is 0 Å². The average molecular weight is 311 g/mol. The van der Waals surface area contributed by atoms with Crippen LogP contribution in [0.4, 0.5) is 5.69 Å². The van der Waals surface area contributed by atoms with E-state index in [0.29, 0.717) is 29.6 Å². The van der Waals surface area contributed by atoms with Crippen molar-refractivity contribution in [2.75, 3.05) is 18.4 Å². The van der Waals surface area contributed by atoms with Gasteiger partial charge >= 0.3 is 0 Å². The zero-order valence-corrected chi connectivity index (χ0v) is 12.8. The van der Waals surface area contributed by atoms with Gasteiger partial charge in [-0.25, -0.2) is 4.98 Å². The monoisotopic (exact) mass is 311 g/mol. The Morgan fingerprint density at radius 1 is 1.33 bits per heavy atom. The van der Waals surface area contributed by atoms with Gasteiger partial charge < -0.3 is 14.5 Å². The van der Waals surface area contributed by atoms with Crippen molar-refractivity contribution in [3.63, 3.8) is 0 Å². The van der Waals surface area contributed by atoms with Gasteiger partial charge in [-0.15, -0.1) is 0 Å². The molecule has 0 atom stereocenters. The zero-order valence-electron chi connectivity index (χ0n) is 12.0. The molecule has 1 aromatic carbocycles. The van der Waals surface area contributed by atoms with E-state index < -0.39 is 10.0 Å². The van der Waals surface area contributed by atoms with Crippen molar-refractivity contribution in [2.24, 2.45) is 0 Å². The van der Waals surface area contributed by atoms with E-state index in [1.54, 1.807) is 25.1 Å². The Morgan fingerprint density at radius 3 is 2.67 bits per heavy atom. The molecule has 2 rings (SSSR count). The van der Waals surface area contributed by atoms with E-state index in [1.165, 1.54) is 13.3 Å². The minimum Gasteiger partial charge on any atom is -0.493 e. The number of nitrogens with one attached hydrogen (secondary N) is 2. The van der Waals surface area contributed by atoms with E-state index in [-0.39, 0.29) is 5.03 Å². The molecule has 0 unspecified atom stereocenters. The van der Waals surface area contributed by atoms with Crippen molar-refractivity contribution in [1.29, 1.82) is 0 Å². The van der Waals surface area contributed by atoms with Crippen LogP contribution in [0.3, 0.4) is 0 Å². The molecule has 0 bridgehead atoms. The van der Waals surface area contributed by atoms with Crippen LogP contribution in [0.15, 0.2) is 29.4 Å². The summed E-state index contributed by atoms with van der Waals surface area (Å²) in [5.41, 5.74) is 0.377. The molecule has 0 saturated carbocycles. The molecule has 21 heavy (non-hydrogen) atoms. The minimum atomic E-state index is -3.71. The summed E-state index contributed by atoms with van der Waals surface area (Å²) in [7, 11) is -2.21. The van der Waals surface area contributed by atoms with Crippen LogP contribution in [0.5, 0.6) is 11.5 Å². The summed E-state index contributed by atoms with van der Waals surface area (Å²) in [5.74, 6) is 1.54. The number of ether oxygens (including phenoxy) is 2. The average Bonchev–Trinajstić information content (AvgIpc) is 2.88. The Hall–Kier alpha value is -2.22. The van der Waals surface area contributed by atoms with Gasteiger partial charge in [0.25, 0.3) is 10.0 Å². The van der Waals surface area contributed by atoms with Gasteiger partial charge in [0, 0.05) is 6.07 Å². The first kappa shape index (κ1) is 15.2. The van der Waals surface area contributed by atoms with Crippen molar-refractivity contribution in [2.45, 2.75) is 18.9 Å². The summed E-state index contributed by atoms with van der Waals surface area (Å²) in [6.07, 6.45) is 1.27. The number of H-pyrrole nitrogens is 1. The Bertz CT molecular complexity index is 725. The van der Waals surface area contributed by atoms with Crippen molar-refractivity contribution < 1.29 is 17.9 Å². The number of anilines is 1. The van der Waals surface area contributed by atoms with Crippen LogP contribution in [-0.4, -0.2) is 32.1 Å². The molecule has 2 N–H and O–H groups in total. The number of methoxy groups -OCH3 is 1. The fourth-order valence-corrected chi connectivity index (χ4v) is 2.77. The SMILES string of the molecule is CCOc1ccc(NS(=O)(=O)c2cnc(C)[nH]2)cc1OC. The van der Waals surface area contributed by atoms with Crippen molar-refractivity contribution >= 4 is 15.7 Å². The number of nitrogens with zero attached hydrogens (tertiary/aromatic N) is 1. The smallest absolute Gasteiger partial charge is 0.278 e. The highest BCUT2D eigenvalue weighted by Gasteiger charge is 2.17. The number of sulfonamides is 1. The van der Waals surface area contributed by atoms with Crippen LogP contribution >= 0.6 is 0 Å². The van der Waals surface area contributed by atoms with Crippen LogP contribution in [-0.2, 0) is 10.0 Å². The first-order chi connectivity index (χ1) is 9.96. The lowest BCUT2D eigenvalue weighted by molar-refractivity contribution is 0.311. The predicted molar refractivity (Wildman–Crippen MR) is 78.3 cm³/mol. The second-order valence-electron chi connectivity index (χ2n) is 4.24. The first-order valence-corrected chi connectivity index (χ1v) is 7.80. The van der Waals surface area contributed by atoms with E-state index in [2.05, 4.69) is 14.7 Å². The maximum absolute atomic E-state index is 12.2. The first-order valence-electron chi connectivity index (χ1n) is 6.31. The molecule has 0 saturated heterocycles. The number of aromatic amines is 1. The molecule has 1 heterocycles. The molecule has 0 aliphatic heterocycles.